The number of likely N-dealkylation sites (tertiary alicyclic amines) is 1. The molecule has 4 rings (SSSR count). The first-order valence-electron chi connectivity index (χ1n) is 10.2. The van der Waals surface area contributed by atoms with Gasteiger partial charge >= 0.3 is 0 Å². The lowest BCUT2D eigenvalue weighted by atomic mass is 10.1. The molecule has 6 nitrogen and oxygen atoms in total. The van der Waals surface area contributed by atoms with Crippen LogP contribution in [-0.2, 0) is 11.3 Å². The van der Waals surface area contributed by atoms with Crippen molar-refractivity contribution in [1.29, 1.82) is 0 Å². The number of nitrogens with one attached hydrogen (secondary N) is 1. The lowest BCUT2D eigenvalue weighted by Crippen LogP contribution is -2.34. The van der Waals surface area contributed by atoms with Crippen molar-refractivity contribution in [2.24, 2.45) is 0 Å². The molecule has 31 heavy (non-hydrogen) atoms. The average molecular weight is 438 g/mol. The lowest BCUT2D eigenvalue weighted by Gasteiger charge is -2.26. The number of anilines is 1. The Hall–Kier alpha value is -3.25. The number of carbonyl (C=O) groups excluding carboxylic acids is 2. The van der Waals surface area contributed by atoms with Crippen molar-refractivity contribution in [3.8, 4) is 11.4 Å². The lowest BCUT2D eigenvalue weighted by molar-refractivity contribution is -0.133. The van der Waals surface area contributed by atoms with Gasteiger partial charge in [0.05, 0.1) is 23.4 Å². The van der Waals surface area contributed by atoms with Gasteiger partial charge in [0.25, 0.3) is 5.91 Å². The molecule has 3 aromatic rings. The van der Waals surface area contributed by atoms with Crippen molar-refractivity contribution in [1.82, 2.24) is 9.47 Å². The highest BCUT2D eigenvalue weighted by molar-refractivity contribution is 6.33. The minimum Gasteiger partial charge on any atom is -0.496 e. The average Bonchev–Trinajstić information content (AvgIpc) is 3.30. The molecule has 160 valence electrons. The Morgan fingerprint density at radius 1 is 1.13 bits per heavy atom. The molecular weight excluding hydrogens is 414 g/mol. The monoisotopic (exact) mass is 437 g/mol. The van der Waals surface area contributed by atoms with Crippen LogP contribution in [0.2, 0.25) is 5.02 Å². The Labute approximate surface area is 186 Å². The molecule has 1 aliphatic rings. The van der Waals surface area contributed by atoms with E-state index in [1.54, 1.807) is 12.1 Å². The summed E-state index contributed by atoms with van der Waals surface area (Å²) >= 11 is 6.45. The summed E-state index contributed by atoms with van der Waals surface area (Å²) in [5.41, 5.74) is 2.70. The van der Waals surface area contributed by atoms with Gasteiger partial charge in [-0.15, -0.1) is 0 Å². The molecule has 2 heterocycles. The number of hydrogen-bond donors (Lipinski definition) is 1. The molecule has 0 bridgehead atoms. The van der Waals surface area contributed by atoms with Crippen LogP contribution in [0.15, 0.2) is 60.9 Å². The highest BCUT2D eigenvalue weighted by atomic mass is 35.5. The van der Waals surface area contributed by atoms with E-state index in [4.69, 9.17) is 16.3 Å². The van der Waals surface area contributed by atoms with Gasteiger partial charge in [0.2, 0.25) is 5.91 Å². The van der Waals surface area contributed by atoms with Gasteiger partial charge in [-0.3, -0.25) is 9.59 Å². The first-order chi connectivity index (χ1) is 15.0. The largest absolute Gasteiger partial charge is 0.496 e. The van der Waals surface area contributed by atoms with Gasteiger partial charge < -0.3 is 19.5 Å². The van der Waals surface area contributed by atoms with Crippen molar-refractivity contribution < 1.29 is 14.3 Å². The molecule has 1 fully saturated rings. The number of benzene rings is 2. The second-order valence-corrected chi connectivity index (χ2v) is 7.93. The second kappa shape index (κ2) is 9.27. The number of rotatable bonds is 6. The number of methoxy groups -OCH3 is 1. The van der Waals surface area contributed by atoms with Crippen LogP contribution in [0.4, 0.5) is 5.69 Å². The van der Waals surface area contributed by atoms with Crippen LogP contribution in [-0.4, -0.2) is 34.9 Å². The molecule has 0 unspecified atom stereocenters. The van der Waals surface area contributed by atoms with Crippen molar-refractivity contribution in [2.45, 2.75) is 25.8 Å². The molecule has 1 aliphatic heterocycles. The van der Waals surface area contributed by atoms with Crippen molar-refractivity contribution >= 4 is 29.1 Å². The van der Waals surface area contributed by atoms with Crippen LogP contribution >= 0.6 is 11.6 Å². The quantitative estimate of drug-likeness (QED) is 0.596. The van der Waals surface area contributed by atoms with Crippen LogP contribution in [0.25, 0.3) is 5.69 Å². The smallest absolute Gasteiger partial charge is 0.259 e. The Morgan fingerprint density at radius 2 is 1.94 bits per heavy atom. The van der Waals surface area contributed by atoms with E-state index in [9.17, 15) is 9.59 Å². The molecule has 0 aliphatic carbocycles. The number of halogens is 1. The van der Waals surface area contributed by atoms with Crippen LogP contribution in [0, 0.1) is 0 Å². The topological polar surface area (TPSA) is 63.6 Å². The number of amides is 2. The molecule has 0 radical (unpaired) electrons. The summed E-state index contributed by atoms with van der Waals surface area (Å²) in [5, 5.41) is 3.36. The number of carbonyl (C=O) groups is 2. The number of ether oxygens (including phenoxy) is 1. The minimum atomic E-state index is -0.316. The van der Waals surface area contributed by atoms with E-state index < -0.39 is 0 Å². The standard InChI is InChI=1S/C24H24ClN3O3/c1-31-22-15-21(27-10-4-5-11-27)20(25)14-19(22)24(30)26-18-8-6-7-17(13-18)16-28-12-3-2-9-23(28)29/h4-8,10-11,13-15H,2-3,9,12,16H2,1H3,(H,26,30). The van der Waals surface area contributed by atoms with Crippen LogP contribution in [0.5, 0.6) is 5.75 Å². The number of piperidine rings is 1. The van der Waals surface area contributed by atoms with Gasteiger partial charge in [0, 0.05) is 43.7 Å². The second-order valence-electron chi connectivity index (χ2n) is 7.52. The summed E-state index contributed by atoms with van der Waals surface area (Å²) < 4.78 is 7.32. The first-order valence-corrected chi connectivity index (χ1v) is 10.6. The van der Waals surface area contributed by atoms with E-state index in [0.29, 0.717) is 35.0 Å². The molecule has 1 N–H and O–H groups in total. The summed E-state index contributed by atoms with van der Waals surface area (Å²) in [6, 6.07) is 14.7. The summed E-state index contributed by atoms with van der Waals surface area (Å²) in [4.78, 5) is 26.9. The van der Waals surface area contributed by atoms with Gasteiger partial charge in [0.15, 0.2) is 0 Å². The molecule has 1 saturated heterocycles. The maximum Gasteiger partial charge on any atom is 0.259 e. The van der Waals surface area contributed by atoms with Gasteiger partial charge in [-0.25, -0.2) is 0 Å². The number of nitrogens with zero attached hydrogens (tertiary/aromatic N) is 2. The van der Waals surface area contributed by atoms with Crippen LogP contribution in [0.3, 0.4) is 0 Å². The summed E-state index contributed by atoms with van der Waals surface area (Å²) in [5.74, 6) is 0.299. The van der Waals surface area contributed by atoms with Gasteiger partial charge in [0.1, 0.15) is 5.75 Å². The van der Waals surface area contributed by atoms with Crippen molar-refractivity contribution in [2.75, 3.05) is 19.0 Å². The zero-order valence-corrected chi connectivity index (χ0v) is 18.1. The SMILES string of the molecule is COc1cc(-n2cccc2)c(Cl)cc1C(=O)Nc1cccc(CN2CCCCC2=O)c1. The zero-order valence-electron chi connectivity index (χ0n) is 17.3. The molecular formula is C24H24ClN3O3. The van der Waals surface area contributed by atoms with E-state index in [0.717, 1.165) is 30.6 Å². The van der Waals surface area contributed by atoms with Crippen LogP contribution in [0.1, 0.15) is 35.2 Å². The van der Waals surface area contributed by atoms with E-state index >= 15 is 0 Å². The molecule has 1 aromatic heterocycles. The fraction of sp³-hybridized carbons (Fsp3) is 0.250. The number of aromatic nitrogens is 1. The van der Waals surface area contributed by atoms with Crippen molar-refractivity contribution in [3.63, 3.8) is 0 Å². The van der Waals surface area contributed by atoms with E-state index in [1.165, 1.54) is 7.11 Å². The highest BCUT2D eigenvalue weighted by Crippen LogP contribution is 2.30. The Kier molecular flexibility index (Phi) is 6.28. The zero-order chi connectivity index (χ0) is 21.8. The molecule has 7 heteroatoms. The van der Waals surface area contributed by atoms with E-state index in [2.05, 4.69) is 5.32 Å². The Balaban J connectivity index is 1.53. The van der Waals surface area contributed by atoms with Gasteiger partial charge in [-0.2, -0.15) is 0 Å². The molecule has 0 atom stereocenters. The fourth-order valence-electron chi connectivity index (χ4n) is 3.78. The Morgan fingerprint density at radius 3 is 2.68 bits per heavy atom. The third-order valence-electron chi connectivity index (χ3n) is 5.38. The third kappa shape index (κ3) is 4.75. The van der Waals surface area contributed by atoms with Gasteiger partial charge in [-0.1, -0.05) is 23.7 Å². The Bertz CT molecular complexity index is 1100. The highest BCUT2D eigenvalue weighted by Gasteiger charge is 2.19. The van der Waals surface area contributed by atoms with Gasteiger partial charge in [-0.05, 0) is 48.7 Å². The molecule has 0 spiro atoms. The number of hydrogen-bond acceptors (Lipinski definition) is 3. The maximum absolute atomic E-state index is 13.0. The molecule has 2 amide bonds. The normalized spacial score (nSPS) is 13.9. The summed E-state index contributed by atoms with van der Waals surface area (Å²) in [6.45, 7) is 1.32. The fourth-order valence-corrected chi connectivity index (χ4v) is 4.04. The minimum absolute atomic E-state index is 0.183. The molecule has 2 aromatic carbocycles. The van der Waals surface area contributed by atoms with Crippen LogP contribution < -0.4 is 10.1 Å². The predicted octanol–water partition coefficient (Wildman–Crippen LogP) is 4.90. The van der Waals surface area contributed by atoms with E-state index in [-0.39, 0.29) is 11.8 Å². The summed E-state index contributed by atoms with van der Waals surface area (Å²) in [7, 11) is 1.52. The first kappa shape index (κ1) is 21.0. The van der Waals surface area contributed by atoms with Crippen molar-refractivity contribution in [3.05, 3.63) is 77.1 Å². The molecule has 0 saturated carbocycles. The predicted molar refractivity (Wildman–Crippen MR) is 121 cm³/mol. The maximum atomic E-state index is 13.0. The third-order valence-corrected chi connectivity index (χ3v) is 5.68. The van der Waals surface area contributed by atoms with E-state index in [1.807, 2.05) is 58.3 Å². The summed E-state index contributed by atoms with van der Waals surface area (Å²) in [6.07, 6.45) is 6.34.